The van der Waals surface area contributed by atoms with Gasteiger partial charge < -0.3 is 19.7 Å². The summed E-state index contributed by atoms with van der Waals surface area (Å²) in [4.78, 5) is 16.2. The molecule has 0 unspecified atom stereocenters. The van der Waals surface area contributed by atoms with Crippen molar-refractivity contribution >= 4 is 11.7 Å². The molecule has 0 saturated heterocycles. The number of ether oxygens (including phenoxy) is 2. The monoisotopic (exact) mass is 528 g/mol. The molecule has 3 aromatic rings. The van der Waals surface area contributed by atoms with Crippen molar-refractivity contribution in [1.29, 1.82) is 0 Å². The Morgan fingerprint density at radius 3 is 2.00 bits per heavy atom. The van der Waals surface area contributed by atoms with E-state index < -0.39 is 0 Å². The second kappa shape index (κ2) is 13.1. The van der Waals surface area contributed by atoms with Gasteiger partial charge in [-0.25, -0.2) is 4.79 Å². The lowest BCUT2D eigenvalue weighted by Gasteiger charge is -2.37. The van der Waals surface area contributed by atoms with E-state index in [0.29, 0.717) is 35.8 Å². The fraction of sp³-hybridized carbons (Fsp3) is 0.441. The minimum Gasteiger partial charge on any atom is -0.493 e. The average molecular weight is 529 g/mol. The normalized spacial score (nSPS) is 17.2. The van der Waals surface area contributed by atoms with Crippen LogP contribution in [0.25, 0.3) is 0 Å². The molecule has 0 aliphatic heterocycles. The van der Waals surface area contributed by atoms with Gasteiger partial charge in [-0.05, 0) is 77.8 Å². The number of nitrogens with zero attached hydrogens (tertiary/aromatic N) is 1. The Balaban J connectivity index is 1.63. The van der Waals surface area contributed by atoms with Gasteiger partial charge in [-0.15, -0.1) is 0 Å². The number of para-hydroxylation sites is 1. The Morgan fingerprint density at radius 1 is 0.821 bits per heavy atom. The predicted molar refractivity (Wildman–Crippen MR) is 160 cm³/mol. The summed E-state index contributed by atoms with van der Waals surface area (Å²) in [5.41, 5.74) is 5.73. The molecule has 1 aliphatic carbocycles. The molecule has 0 bridgehead atoms. The van der Waals surface area contributed by atoms with E-state index >= 15 is 0 Å². The van der Waals surface area contributed by atoms with Crippen molar-refractivity contribution in [2.75, 3.05) is 19.5 Å². The van der Waals surface area contributed by atoms with Crippen LogP contribution in [-0.4, -0.2) is 31.2 Å². The van der Waals surface area contributed by atoms with E-state index in [1.54, 1.807) is 14.2 Å². The van der Waals surface area contributed by atoms with Crippen LogP contribution in [0.1, 0.15) is 93.4 Å². The van der Waals surface area contributed by atoms with Gasteiger partial charge in [0.25, 0.3) is 0 Å². The molecule has 1 saturated carbocycles. The number of hydrogen-bond acceptors (Lipinski definition) is 3. The maximum absolute atomic E-state index is 14.2. The number of amides is 2. The largest absolute Gasteiger partial charge is 0.493 e. The summed E-state index contributed by atoms with van der Waals surface area (Å²) in [5, 5.41) is 3.38. The molecule has 3 aromatic carbocycles. The van der Waals surface area contributed by atoms with Gasteiger partial charge in [-0.3, -0.25) is 0 Å². The summed E-state index contributed by atoms with van der Waals surface area (Å²) in [5.74, 6) is 2.52. The number of methoxy groups -OCH3 is 2. The van der Waals surface area contributed by atoms with Gasteiger partial charge in [0, 0.05) is 18.3 Å². The third-order valence-electron chi connectivity index (χ3n) is 8.08. The van der Waals surface area contributed by atoms with E-state index in [0.717, 1.165) is 36.9 Å². The third-order valence-corrected chi connectivity index (χ3v) is 8.08. The SMILES string of the molecule is COc1ccc(CN(C(=O)Nc2c(C(C)C)cccc2C(C)C)[C@H]2CC[C@H](c3ccccc3)CC2)cc1OC. The second-order valence-electron chi connectivity index (χ2n) is 11.3. The lowest BCUT2D eigenvalue weighted by atomic mass is 9.81. The van der Waals surface area contributed by atoms with Gasteiger partial charge in [0.1, 0.15) is 0 Å². The van der Waals surface area contributed by atoms with E-state index in [4.69, 9.17) is 9.47 Å². The van der Waals surface area contributed by atoms with Crippen molar-refractivity contribution in [3.8, 4) is 11.5 Å². The van der Waals surface area contributed by atoms with Crippen LogP contribution in [0.15, 0.2) is 66.7 Å². The van der Waals surface area contributed by atoms with Crippen LogP contribution in [0.3, 0.4) is 0 Å². The fourth-order valence-corrected chi connectivity index (χ4v) is 5.86. The van der Waals surface area contributed by atoms with Crippen LogP contribution in [0.2, 0.25) is 0 Å². The first-order chi connectivity index (χ1) is 18.8. The molecule has 4 rings (SSSR count). The maximum atomic E-state index is 14.2. The standard InChI is InChI=1S/C34H44N2O3/c1-23(2)29-13-10-14-30(24(3)4)33(29)35-34(37)36(22-25-15-20-31(38-5)32(21-25)39-6)28-18-16-27(17-19-28)26-11-8-7-9-12-26/h7-15,20-21,23-24,27-28H,16-19,22H2,1-6H3,(H,35,37)/t27-,28-. The molecule has 39 heavy (non-hydrogen) atoms. The van der Waals surface area contributed by atoms with E-state index in [-0.39, 0.29) is 12.1 Å². The summed E-state index contributed by atoms with van der Waals surface area (Å²) in [6.07, 6.45) is 4.10. The minimum absolute atomic E-state index is 0.0389. The van der Waals surface area contributed by atoms with Crippen molar-refractivity contribution in [2.45, 2.75) is 83.7 Å². The van der Waals surface area contributed by atoms with Crippen LogP contribution >= 0.6 is 0 Å². The zero-order chi connectivity index (χ0) is 27.9. The number of urea groups is 1. The molecule has 2 amide bonds. The van der Waals surface area contributed by atoms with Crippen molar-refractivity contribution < 1.29 is 14.3 Å². The highest BCUT2D eigenvalue weighted by Crippen LogP contribution is 2.37. The van der Waals surface area contributed by atoms with Crippen molar-refractivity contribution in [1.82, 2.24) is 4.90 Å². The third kappa shape index (κ3) is 6.76. The van der Waals surface area contributed by atoms with Crippen LogP contribution < -0.4 is 14.8 Å². The number of benzene rings is 3. The van der Waals surface area contributed by atoms with Crippen molar-refractivity contribution in [3.63, 3.8) is 0 Å². The minimum atomic E-state index is -0.0389. The number of anilines is 1. The van der Waals surface area contributed by atoms with Crippen molar-refractivity contribution in [3.05, 3.63) is 89.0 Å². The lowest BCUT2D eigenvalue weighted by Crippen LogP contribution is -2.44. The first kappa shape index (κ1) is 28.5. The molecule has 0 aromatic heterocycles. The van der Waals surface area contributed by atoms with Crippen LogP contribution in [0.4, 0.5) is 10.5 Å². The Labute approximate surface area is 234 Å². The first-order valence-electron chi connectivity index (χ1n) is 14.3. The van der Waals surface area contributed by atoms with Gasteiger partial charge in [-0.1, -0.05) is 82.3 Å². The first-order valence-corrected chi connectivity index (χ1v) is 14.3. The fourth-order valence-electron chi connectivity index (χ4n) is 5.86. The number of nitrogens with one attached hydrogen (secondary N) is 1. The molecule has 1 aliphatic rings. The highest BCUT2D eigenvalue weighted by atomic mass is 16.5. The van der Waals surface area contributed by atoms with Gasteiger partial charge in [-0.2, -0.15) is 0 Å². The molecule has 0 atom stereocenters. The molecule has 1 fully saturated rings. The maximum Gasteiger partial charge on any atom is 0.322 e. The topological polar surface area (TPSA) is 50.8 Å². The predicted octanol–water partition coefficient (Wildman–Crippen LogP) is 8.71. The molecule has 0 spiro atoms. The zero-order valence-electron chi connectivity index (χ0n) is 24.4. The van der Waals surface area contributed by atoms with Crippen LogP contribution in [-0.2, 0) is 6.54 Å². The zero-order valence-corrected chi connectivity index (χ0v) is 24.4. The van der Waals surface area contributed by atoms with Gasteiger partial charge in [0.2, 0.25) is 0 Å². The van der Waals surface area contributed by atoms with Gasteiger partial charge >= 0.3 is 6.03 Å². The van der Waals surface area contributed by atoms with E-state index in [1.807, 2.05) is 23.1 Å². The Hall–Kier alpha value is -3.47. The molecule has 0 heterocycles. The smallest absolute Gasteiger partial charge is 0.322 e. The van der Waals surface area contributed by atoms with E-state index in [1.165, 1.54) is 16.7 Å². The molecular weight excluding hydrogens is 484 g/mol. The summed E-state index contributed by atoms with van der Waals surface area (Å²) in [7, 11) is 3.29. The second-order valence-corrected chi connectivity index (χ2v) is 11.3. The highest BCUT2D eigenvalue weighted by Gasteiger charge is 2.31. The van der Waals surface area contributed by atoms with Gasteiger partial charge in [0.15, 0.2) is 11.5 Å². The average Bonchev–Trinajstić information content (AvgIpc) is 2.96. The molecule has 1 N–H and O–H groups in total. The molecule has 5 heteroatoms. The van der Waals surface area contributed by atoms with Gasteiger partial charge in [0.05, 0.1) is 14.2 Å². The number of hydrogen-bond donors (Lipinski definition) is 1. The summed E-state index contributed by atoms with van der Waals surface area (Å²) >= 11 is 0. The molecule has 0 radical (unpaired) electrons. The van der Waals surface area contributed by atoms with E-state index in [9.17, 15) is 4.79 Å². The van der Waals surface area contributed by atoms with Crippen LogP contribution in [0, 0.1) is 0 Å². The molecular formula is C34H44N2O3. The molecule has 5 nitrogen and oxygen atoms in total. The summed E-state index contributed by atoms with van der Waals surface area (Å²) in [6, 6.07) is 23.2. The number of carbonyl (C=O) groups is 1. The van der Waals surface area contributed by atoms with Crippen LogP contribution in [0.5, 0.6) is 11.5 Å². The quantitative estimate of drug-likeness (QED) is 0.302. The summed E-state index contributed by atoms with van der Waals surface area (Å²) in [6.45, 7) is 9.24. The number of carbonyl (C=O) groups excluding carboxylic acids is 1. The van der Waals surface area contributed by atoms with Crippen molar-refractivity contribution in [2.24, 2.45) is 0 Å². The Morgan fingerprint density at radius 2 is 1.44 bits per heavy atom. The van der Waals surface area contributed by atoms with E-state index in [2.05, 4.69) is 81.5 Å². The molecule has 208 valence electrons. The highest BCUT2D eigenvalue weighted by molar-refractivity contribution is 5.91. The number of rotatable bonds is 9. The Kier molecular flexibility index (Phi) is 9.55. The summed E-state index contributed by atoms with van der Waals surface area (Å²) < 4.78 is 11.0. The Bertz CT molecular complexity index is 1200. The lowest BCUT2D eigenvalue weighted by molar-refractivity contribution is 0.158.